The van der Waals surface area contributed by atoms with Gasteiger partial charge in [0.25, 0.3) is 0 Å². The van der Waals surface area contributed by atoms with Crippen molar-refractivity contribution in [2.45, 2.75) is 47.5 Å². The van der Waals surface area contributed by atoms with Crippen molar-refractivity contribution in [1.82, 2.24) is 5.32 Å². The van der Waals surface area contributed by atoms with E-state index < -0.39 is 0 Å². The second kappa shape index (κ2) is 12.6. The van der Waals surface area contributed by atoms with E-state index in [-0.39, 0.29) is 0 Å². The van der Waals surface area contributed by atoms with Crippen molar-refractivity contribution >= 4 is 0 Å². The molecule has 0 unspecified atom stereocenters. The summed E-state index contributed by atoms with van der Waals surface area (Å²) in [5.41, 5.74) is 0. The third-order valence-electron chi connectivity index (χ3n) is 1.52. The Labute approximate surface area is 72.6 Å². The fourth-order valence-electron chi connectivity index (χ4n) is 0.177. The minimum Gasteiger partial charge on any atom is -0.317 e. The van der Waals surface area contributed by atoms with Gasteiger partial charge in [0, 0.05) is 0 Å². The van der Waals surface area contributed by atoms with Gasteiger partial charge in [-0.25, -0.2) is 0 Å². The Hall–Kier alpha value is -0.0400. The first-order valence-corrected chi connectivity index (χ1v) is 4.98. The van der Waals surface area contributed by atoms with Crippen LogP contribution >= 0.6 is 0 Å². The summed E-state index contributed by atoms with van der Waals surface area (Å²) in [6.45, 7) is 13.1. The van der Waals surface area contributed by atoms with Crippen molar-refractivity contribution in [3.05, 3.63) is 0 Å². The predicted molar refractivity (Wildman–Crippen MR) is 54.0 cm³/mol. The Morgan fingerprint density at radius 3 is 1.36 bits per heavy atom. The molecule has 0 radical (unpaired) electrons. The zero-order chi connectivity index (χ0) is 9.11. The second-order valence-corrected chi connectivity index (χ2v) is 2.91. The van der Waals surface area contributed by atoms with E-state index in [0.29, 0.717) is 0 Å². The van der Waals surface area contributed by atoms with Crippen LogP contribution in [0.1, 0.15) is 47.5 Å². The van der Waals surface area contributed by atoms with Gasteiger partial charge in [0.2, 0.25) is 0 Å². The number of nitrogens with one attached hydrogen (secondary N) is 1. The van der Waals surface area contributed by atoms with Crippen molar-refractivity contribution in [3.8, 4) is 0 Å². The van der Waals surface area contributed by atoms with Crippen LogP contribution in [-0.4, -0.2) is 13.1 Å². The highest BCUT2D eigenvalue weighted by Crippen LogP contribution is 1.93. The summed E-state index contributed by atoms with van der Waals surface area (Å²) < 4.78 is 0. The minimum absolute atomic E-state index is 0.884. The zero-order valence-electron chi connectivity index (χ0n) is 8.91. The van der Waals surface area contributed by atoms with E-state index >= 15 is 0 Å². The fraction of sp³-hybridized carbons (Fsp3) is 1.00. The maximum atomic E-state index is 3.11. The van der Waals surface area contributed by atoms with Crippen LogP contribution in [0.3, 0.4) is 0 Å². The molecule has 0 aromatic heterocycles. The molecule has 1 aliphatic heterocycles. The molecule has 0 spiro atoms. The molecule has 1 rings (SSSR count). The molecule has 11 heavy (non-hydrogen) atoms. The quantitative estimate of drug-likeness (QED) is 0.620. The summed E-state index contributed by atoms with van der Waals surface area (Å²) in [5, 5.41) is 3.11. The Morgan fingerprint density at radius 2 is 1.36 bits per heavy atom. The van der Waals surface area contributed by atoms with E-state index in [1.165, 1.54) is 25.9 Å². The lowest BCUT2D eigenvalue weighted by Crippen LogP contribution is -2.29. The van der Waals surface area contributed by atoms with Gasteiger partial charge in [0.15, 0.2) is 0 Å². The Bertz CT molecular complexity index is 42.8. The molecule has 0 aromatic rings. The van der Waals surface area contributed by atoms with Crippen molar-refractivity contribution < 1.29 is 0 Å². The molecule has 0 saturated carbocycles. The summed E-state index contributed by atoms with van der Waals surface area (Å²) in [6, 6.07) is 0. The molecule has 0 bridgehead atoms. The largest absolute Gasteiger partial charge is 0.317 e. The molecule has 0 aliphatic carbocycles. The van der Waals surface area contributed by atoms with Crippen LogP contribution in [0.2, 0.25) is 0 Å². The normalized spacial score (nSPS) is 13.6. The van der Waals surface area contributed by atoms with E-state index in [9.17, 15) is 0 Å². The van der Waals surface area contributed by atoms with Crippen LogP contribution in [0.15, 0.2) is 0 Å². The molecule has 1 heterocycles. The van der Waals surface area contributed by atoms with Crippen LogP contribution < -0.4 is 5.32 Å². The highest BCUT2D eigenvalue weighted by molar-refractivity contribution is 4.56. The monoisotopic (exact) mass is 159 g/mol. The lowest BCUT2D eigenvalue weighted by atomic mass is 10.2. The average Bonchev–Trinajstić information content (AvgIpc) is 1.89. The molecule has 1 N–H and O–H groups in total. The Morgan fingerprint density at radius 1 is 1.18 bits per heavy atom. The van der Waals surface area contributed by atoms with Gasteiger partial charge in [0.1, 0.15) is 0 Å². The maximum absolute atomic E-state index is 3.11. The lowest BCUT2D eigenvalue weighted by molar-refractivity contribution is 0.527. The first kappa shape index (κ1) is 13.5. The topological polar surface area (TPSA) is 12.0 Å². The van der Waals surface area contributed by atoms with Gasteiger partial charge in [-0.1, -0.05) is 41.0 Å². The molecule has 70 valence electrons. The standard InChI is InChI=1S/C5H12.C3H7N.C2H6/c1-4-5(2)3;1-2-4-3-1;1-2/h5H,4H2,1-3H3;4H,1-3H2;1-2H3. The summed E-state index contributed by atoms with van der Waals surface area (Å²) in [5.74, 6) is 0.884. The van der Waals surface area contributed by atoms with Crippen LogP contribution in [0.4, 0.5) is 0 Å². The summed E-state index contributed by atoms with van der Waals surface area (Å²) in [6.07, 6.45) is 2.69. The molecule has 1 heteroatoms. The third kappa shape index (κ3) is 17.8. The molecule has 0 aromatic carbocycles. The van der Waals surface area contributed by atoms with E-state index in [4.69, 9.17) is 0 Å². The van der Waals surface area contributed by atoms with Gasteiger partial charge >= 0.3 is 0 Å². The van der Waals surface area contributed by atoms with Crippen molar-refractivity contribution in [3.63, 3.8) is 0 Å². The van der Waals surface area contributed by atoms with E-state index in [1.807, 2.05) is 13.8 Å². The van der Waals surface area contributed by atoms with Crippen molar-refractivity contribution in [2.24, 2.45) is 5.92 Å². The van der Waals surface area contributed by atoms with Crippen molar-refractivity contribution in [1.29, 1.82) is 0 Å². The van der Waals surface area contributed by atoms with Crippen LogP contribution in [0.25, 0.3) is 0 Å². The summed E-state index contributed by atoms with van der Waals surface area (Å²) in [7, 11) is 0. The Kier molecular flexibility index (Phi) is 15.5. The van der Waals surface area contributed by atoms with Gasteiger partial charge in [-0.15, -0.1) is 0 Å². The molecule has 0 amide bonds. The molecule has 1 saturated heterocycles. The van der Waals surface area contributed by atoms with E-state index in [0.717, 1.165) is 5.92 Å². The van der Waals surface area contributed by atoms with Gasteiger partial charge in [-0.2, -0.15) is 0 Å². The van der Waals surface area contributed by atoms with Gasteiger partial charge < -0.3 is 5.32 Å². The first-order valence-electron chi connectivity index (χ1n) is 4.98. The van der Waals surface area contributed by atoms with Crippen LogP contribution in [0, 0.1) is 5.92 Å². The molecule has 1 aliphatic rings. The highest BCUT2D eigenvalue weighted by Gasteiger charge is 1.92. The van der Waals surface area contributed by atoms with Crippen LogP contribution in [-0.2, 0) is 0 Å². The SMILES string of the molecule is C1CNC1.CC.CCC(C)C. The third-order valence-corrected chi connectivity index (χ3v) is 1.52. The number of hydrogen-bond acceptors (Lipinski definition) is 1. The summed E-state index contributed by atoms with van der Waals surface area (Å²) in [4.78, 5) is 0. The Balaban J connectivity index is 0. The van der Waals surface area contributed by atoms with Gasteiger partial charge in [-0.05, 0) is 25.4 Å². The van der Waals surface area contributed by atoms with E-state index in [2.05, 4.69) is 26.1 Å². The lowest BCUT2D eigenvalue weighted by Gasteiger charge is -2.09. The fourth-order valence-corrected chi connectivity index (χ4v) is 0.177. The van der Waals surface area contributed by atoms with Gasteiger partial charge in [-0.3, -0.25) is 0 Å². The molecule has 1 nitrogen and oxygen atoms in total. The maximum Gasteiger partial charge on any atom is -0.00368 e. The first-order chi connectivity index (χ1) is 5.27. The zero-order valence-corrected chi connectivity index (χ0v) is 8.91. The average molecular weight is 159 g/mol. The molecule has 1 fully saturated rings. The summed E-state index contributed by atoms with van der Waals surface area (Å²) >= 11 is 0. The number of hydrogen-bond donors (Lipinski definition) is 1. The van der Waals surface area contributed by atoms with Crippen LogP contribution in [0.5, 0.6) is 0 Å². The van der Waals surface area contributed by atoms with Gasteiger partial charge in [0.05, 0.1) is 0 Å². The number of rotatable bonds is 1. The molecular weight excluding hydrogens is 134 g/mol. The molecular formula is C10H25N. The highest BCUT2D eigenvalue weighted by atomic mass is 14.9. The van der Waals surface area contributed by atoms with E-state index in [1.54, 1.807) is 0 Å². The molecule has 0 atom stereocenters. The smallest absolute Gasteiger partial charge is 0.00368 e. The minimum atomic E-state index is 0.884. The van der Waals surface area contributed by atoms with Crippen molar-refractivity contribution in [2.75, 3.05) is 13.1 Å². The predicted octanol–water partition coefficient (Wildman–Crippen LogP) is 3.06. The second-order valence-electron chi connectivity index (χ2n) is 2.91.